The number of sulfone groups is 1. The third-order valence-electron chi connectivity index (χ3n) is 5.72. The summed E-state index contributed by atoms with van der Waals surface area (Å²) in [5.41, 5.74) is 1.48. The van der Waals surface area contributed by atoms with E-state index >= 15 is 0 Å². The molecule has 1 saturated carbocycles. The minimum atomic E-state index is -2.92. The lowest BCUT2D eigenvalue weighted by Gasteiger charge is -2.13. The van der Waals surface area contributed by atoms with Crippen LogP contribution in [0.25, 0.3) is 10.9 Å². The van der Waals surface area contributed by atoms with Crippen LogP contribution >= 0.6 is 11.8 Å². The number of benzene rings is 1. The molecule has 0 radical (unpaired) electrons. The van der Waals surface area contributed by atoms with E-state index in [0.717, 1.165) is 35.3 Å². The fourth-order valence-electron chi connectivity index (χ4n) is 3.89. The van der Waals surface area contributed by atoms with Gasteiger partial charge in [-0.2, -0.15) is 0 Å². The van der Waals surface area contributed by atoms with Crippen LogP contribution in [0.3, 0.4) is 0 Å². The Balaban J connectivity index is 1.47. The number of pyridine rings is 1. The number of rotatable bonds is 6. The summed E-state index contributed by atoms with van der Waals surface area (Å²) in [5.74, 6) is 1.28. The van der Waals surface area contributed by atoms with E-state index in [-0.39, 0.29) is 23.0 Å². The van der Waals surface area contributed by atoms with Gasteiger partial charge in [-0.25, -0.2) is 8.42 Å². The van der Waals surface area contributed by atoms with E-state index in [1.165, 1.54) is 11.8 Å². The zero-order valence-electron chi connectivity index (χ0n) is 16.6. The zero-order valence-corrected chi connectivity index (χ0v) is 18.2. The van der Waals surface area contributed by atoms with Gasteiger partial charge in [-0.3, -0.25) is 4.79 Å². The predicted molar refractivity (Wildman–Crippen MR) is 117 cm³/mol. The van der Waals surface area contributed by atoms with Gasteiger partial charge >= 0.3 is 0 Å². The number of hydrogen-bond acceptors (Lipinski definition) is 7. The van der Waals surface area contributed by atoms with E-state index in [4.69, 9.17) is 0 Å². The van der Waals surface area contributed by atoms with Crippen molar-refractivity contribution in [2.75, 3.05) is 16.8 Å². The number of nitrogens with zero attached hydrogens (tertiary/aromatic N) is 3. The molecule has 30 heavy (non-hydrogen) atoms. The number of anilines is 1. The van der Waals surface area contributed by atoms with E-state index in [0.29, 0.717) is 28.9 Å². The van der Waals surface area contributed by atoms with Crippen molar-refractivity contribution in [3.8, 4) is 0 Å². The zero-order chi connectivity index (χ0) is 20.9. The molecule has 2 aliphatic rings. The first kappa shape index (κ1) is 19.6. The molecule has 2 fully saturated rings. The van der Waals surface area contributed by atoms with Gasteiger partial charge in [0.05, 0.1) is 22.7 Å². The largest absolute Gasteiger partial charge is 0.381 e. The van der Waals surface area contributed by atoms with Crippen LogP contribution in [0.4, 0.5) is 5.69 Å². The van der Waals surface area contributed by atoms with Gasteiger partial charge < -0.3 is 14.9 Å². The Hall–Kier alpha value is -2.33. The van der Waals surface area contributed by atoms with Crippen LogP contribution in [0, 0.1) is 5.92 Å². The van der Waals surface area contributed by atoms with Crippen LogP contribution in [-0.4, -0.2) is 45.7 Å². The first-order valence-corrected chi connectivity index (χ1v) is 12.7. The molecule has 0 spiro atoms. The van der Waals surface area contributed by atoms with E-state index in [1.807, 2.05) is 35.9 Å². The fourth-order valence-corrected chi connectivity index (χ4v) is 6.67. The predicted octanol–water partition coefficient (Wildman–Crippen LogP) is 2.36. The van der Waals surface area contributed by atoms with Crippen LogP contribution in [0.1, 0.15) is 25.1 Å². The molecule has 2 N–H and O–H groups in total. The van der Waals surface area contributed by atoms with Gasteiger partial charge in [-0.15, -0.1) is 10.2 Å². The maximum Gasteiger partial charge on any atom is 0.264 e. The van der Waals surface area contributed by atoms with Gasteiger partial charge in [0, 0.05) is 24.9 Å². The highest BCUT2D eigenvalue weighted by atomic mass is 32.2. The van der Waals surface area contributed by atoms with Crippen molar-refractivity contribution in [1.29, 1.82) is 0 Å². The molecule has 1 saturated heterocycles. The molecule has 0 unspecified atom stereocenters. The lowest BCUT2D eigenvalue weighted by atomic mass is 10.1. The van der Waals surface area contributed by atoms with Crippen molar-refractivity contribution < 1.29 is 8.42 Å². The lowest BCUT2D eigenvalue weighted by Crippen LogP contribution is -2.15. The molecule has 3 aromatic rings. The van der Waals surface area contributed by atoms with E-state index in [2.05, 4.69) is 20.5 Å². The van der Waals surface area contributed by atoms with Crippen LogP contribution in [0.2, 0.25) is 0 Å². The molecule has 158 valence electrons. The minimum absolute atomic E-state index is 0.0758. The van der Waals surface area contributed by atoms with Gasteiger partial charge in [0.2, 0.25) is 0 Å². The molecule has 0 amide bonds. The van der Waals surface area contributed by atoms with E-state index in [9.17, 15) is 13.2 Å². The summed E-state index contributed by atoms with van der Waals surface area (Å²) >= 11 is 1.30. The Morgan fingerprint density at radius 1 is 1.23 bits per heavy atom. The number of aromatic amines is 1. The molecule has 1 aromatic carbocycles. The summed E-state index contributed by atoms with van der Waals surface area (Å²) < 4.78 is 25.4. The molecule has 1 aliphatic heterocycles. The second-order valence-electron chi connectivity index (χ2n) is 8.16. The molecule has 10 heteroatoms. The smallest absolute Gasteiger partial charge is 0.264 e. The number of hydrogen-bond donors (Lipinski definition) is 2. The molecule has 1 atom stereocenters. The molecular weight excluding hydrogens is 422 g/mol. The maximum absolute atomic E-state index is 12.9. The van der Waals surface area contributed by atoms with Crippen molar-refractivity contribution in [1.82, 2.24) is 19.7 Å². The van der Waals surface area contributed by atoms with Gasteiger partial charge in [0.25, 0.3) is 5.56 Å². The molecular formula is C20H23N5O3S2. The van der Waals surface area contributed by atoms with Crippen LogP contribution in [-0.2, 0) is 23.3 Å². The SMILES string of the molecule is Cn1c(C[C@H]2CCS(=O)(=O)C2)nnc1Sc1c(NC2CC2)c2ccccc2[nH]c1=O. The summed E-state index contributed by atoms with van der Waals surface area (Å²) in [6.07, 6.45) is 3.44. The van der Waals surface area contributed by atoms with Crippen molar-refractivity contribution in [3.05, 3.63) is 40.4 Å². The molecule has 5 rings (SSSR count). The quantitative estimate of drug-likeness (QED) is 0.599. The number of para-hydroxylation sites is 1. The van der Waals surface area contributed by atoms with Crippen LogP contribution in [0.15, 0.2) is 39.1 Å². The Morgan fingerprint density at radius 2 is 2.03 bits per heavy atom. The van der Waals surface area contributed by atoms with Gasteiger partial charge in [0.15, 0.2) is 15.0 Å². The number of aromatic nitrogens is 4. The van der Waals surface area contributed by atoms with E-state index < -0.39 is 9.84 Å². The summed E-state index contributed by atoms with van der Waals surface area (Å²) in [6.45, 7) is 0. The first-order valence-electron chi connectivity index (χ1n) is 10.1. The average Bonchev–Trinajstić information content (AvgIpc) is 3.38. The minimum Gasteiger partial charge on any atom is -0.381 e. The maximum atomic E-state index is 12.9. The Labute approximate surface area is 178 Å². The fraction of sp³-hybridized carbons (Fsp3) is 0.450. The summed E-state index contributed by atoms with van der Waals surface area (Å²) in [6, 6.07) is 8.17. The molecule has 8 nitrogen and oxygen atoms in total. The van der Waals surface area contributed by atoms with Gasteiger partial charge in [0.1, 0.15) is 10.7 Å². The highest BCUT2D eigenvalue weighted by molar-refractivity contribution is 7.99. The van der Waals surface area contributed by atoms with Crippen molar-refractivity contribution in [2.24, 2.45) is 13.0 Å². The Kier molecular flexibility index (Phi) is 4.85. The van der Waals surface area contributed by atoms with Crippen molar-refractivity contribution in [2.45, 2.75) is 41.8 Å². The molecule has 0 bridgehead atoms. The normalized spacial score (nSPS) is 20.6. The highest BCUT2D eigenvalue weighted by Gasteiger charge is 2.30. The van der Waals surface area contributed by atoms with Crippen molar-refractivity contribution >= 4 is 38.2 Å². The molecule has 1 aliphatic carbocycles. The number of fused-ring (bicyclic) bond motifs is 1. The summed E-state index contributed by atoms with van der Waals surface area (Å²) in [5, 5.41) is 13.7. The molecule has 2 aromatic heterocycles. The second-order valence-corrected chi connectivity index (χ2v) is 11.4. The van der Waals surface area contributed by atoms with Gasteiger partial charge in [-0.05, 0) is 43.0 Å². The number of H-pyrrole nitrogens is 1. The third kappa shape index (κ3) is 3.85. The monoisotopic (exact) mass is 445 g/mol. The second kappa shape index (κ2) is 7.42. The lowest BCUT2D eigenvalue weighted by molar-refractivity contribution is 0.552. The first-order chi connectivity index (χ1) is 14.4. The Bertz CT molecular complexity index is 1280. The molecule has 3 heterocycles. The third-order valence-corrected chi connectivity index (χ3v) is 8.69. The topological polar surface area (TPSA) is 110 Å². The van der Waals surface area contributed by atoms with E-state index in [1.54, 1.807) is 0 Å². The van der Waals surface area contributed by atoms with Crippen molar-refractivity contribution in [3.63, 3.8) is 0 Å². The summed E-state index contributed by atoms with van der Waals surface area (Å²) in [7, 11) is -1.06. The van der Waals surface area contributed by atoms with Gasteiger partial charge in [-0.1, -0.05) is 18.2 Å². The van der Waals surface area contributed by atoms with Crippen LogP contribution < -0.4 is 10.9 Å². The standard InChI is InChI=1S/C20H23N5O3S2/c1-25-16(10-12-8-9-30(27,28)11-12)23-24-20(25)29-18-17(21-13-6-7-13)14-4-2-3-5-15(14)22-19(18)26/h2-5,12-13H,6-11H2,1H3,(H2,21,22,26)/t12-/m1/s1. The summed E-state index contributed by atoms with van der Waals surface area (Å²) in [4.78, 5) is 16.4. The highest BCUT2D eigenvalue weighted by Crippen LogP contribution is 2.37. The van der Waals surface area contributed by atoms with Crippen LogP contribution in [0.5, 0.6) is 0 Å². The Morgan fingerprint density at radius 3 is 2.77 bits per heavy atom. The number of nitrogens with one attached hydrogen (secondary N) is 2. The average molecular weight is 446 g/mol.